The van der Waals surface area contributed by atoms with Gasteiger partial charge in [0.2, 0.25) is 0 Å². The number of thiophene rings is 1. The largest absolute Gasteiger partial charge is 0.329 e. The first-order chi connectivity index (χ1) is 13.0. The molecule has 1 saturated carbocycles. The van der Waals surface area contributed by atoms with E-state index in [1.165, 1.54) is 14.7 Å². The molecule has 27 heavy (non-hydrogen) atoms. The van der Waals surface area contributed by atoms with E-state index in [0.29, 0.717) is 6.67 Å². The number of quaternary nitrogens is 2. The summed E-state index contributed by atoms with van der Waals surface area (Å²) >= 11 is 7.68. The second kappa shape index (κ2) is 7.70. The summed E-state index contributed by atoms with van der Waals surface area (Å²) in [5.41, 5.74) is -0.639. The molecule has 3 amide bonds. The van der Waals surface area contributed by atoms with E-state index in [9.17, 15) is 9.59 Å². The molecule has 2 aliphatic heterocycles. The summed E-state index contributed by atoms with van der Waals surface area (Å²) in [6.45, 7) is 7.67. The van der Waals surface area contributed by atoms with Crippen molar-refractivity contribution in [3.8, 4) is 0 Å². The van der Waals surface area contributed by atoms with Crippen LogP contribution >= 0.6 is 22.9 Å². The van der Waals surface area contributed by atoms with Gasteiger partial charge in [0.1, 0.15) is 38.3 Å². The van der Waals surface area contributed by atoms with Crippen LogP contribution in [-0.4, -0.2) is 55.2 Å². The summed E-state index contributed by atoms with van der Waals surface area (Å²) in [5.74, 6) is 0.233. The minimum atomic E-state index is -0.639. The lowest BCUT2D eigenvalue weighted by molar-refractivity contribution is -1.02. The molecule has 1 aromatic rings. The fraction of sp³-hybridized carbons (Fsp3) is 0.684. The van der Waals surface area contributed by atoms with Crippen LogP contribution in [0.15, 0.2) is 12.1 Å². The summed E-state index contributed by atoms with van der Waals surface area (Å²) in [4.78, 5) is 31.3. The molecule has 1 aromatic heterocycles. The number of nitrogens with one attached hydrogen (secondary N) is 3. The van der Waals surface area contributed by atoms with Crippen LogP contribution in [0.1, 0.15) is 37.5 Å². The van der Waals surface area contributed by atoms with Gasteiger partial charge in [-0.05, 0) is 30.9 Å². The zero-order chi connectivity index (χ0) is 19.0. The Hall–Kier alpha value is -1.15. The molecule has 2 saturated heterocycles. The van der Waals surface area contributed by atoms with Crippen LogP contribution in [0, 0.1) is 5.92 Å². The Morgan fingerprint density at radius 1 is 1.22 bits per heavy atom. The topological polar surface area (TPSA) is 58.3 Å². The monoisotopic (exact) mass is 412 g/mol. The highest BCUT2D eigenvalue weighted by molar-refractivity contribution is 7.16. The van der Waals surface area contributed by atoms with Crippen molar-refractivity contribution < 1.29 is 19.4 Å². The second-order valence-corrected chi connectivity index (χ2v) is 10.1. The number of carbonyl (C=O) groups excluding carboxylic acids is 2. The van der Waals surface area contributed by atoms with Crippen LogP contribution in [0.25, 0.3) is 0 Å². The van der Waals surface area contributed by atoms with Crippen LogP contribution in [0.5, 0.6) is 0 Å². The highest BCUT2D eigenvalue weighted by Crippen LogP contribution is 2.37. The molecule has 1 spiro atoms. The van der Waals surface area contributed by atoms with E-state index in [0.717, 1.165) is 62.7 Å². The first-order valence-corrected chi connectivity index (χ1v) is 11.2. The van der Waals surface area contributed by atoms with Crippen molar-refractivity contribution in [1.82, 2.24) is 10.2 Å². The van der Waals surface area contributed by atoms with E-state index < -0.39 is 5.54 Å². The van der Waals surface area contributed by atoms with Crippen molar-refractivity contribution in [1.29, 1.82) is 0 Å². The van der Waals surface area contributed by atoms with E-state index in [1.807, 2.05) is 6.07 Å². The van der Waals surface area contributed by atoms with Crippen LogP contribution in [-0.2, 0) is 11.3 Å². The molecule has 0 bridgehead atoms. The third-order valence-corrected chi connectivity index (χ3v) is 7.83. The molecule has 148 valence electrons. The molecular formula is C19H29ClN4O2S+2. The number of halogens is 1. The first kappa shape index (κ1) is 19.2. The second-order valence-electron chi connectivity index (χ2n) is 8.32. The predicted molar refractivity (Wildman–Crippen MR) is 105 cm³/mol. The van der Waals surface area contributed by atoms with Gasteiger partial charge in [0.25, 0.3) is 5.91 Å². The van der Waals surface area contributed by atoms with Gasteiger partial charge in [-0.3, -0.25) is 4.79 Å². The van der Waals surface area contributed by atoms with E-state index in [-0.39, 0.29) is 17.9 Å². The Labute approximate surface area is 169 Å². The minimum absolute atomic E-state index is 0.00945. The van der Waals surface area contributed by atoms with E-state index in [4.69, 9.17) is 11.6 Å². The van der Waals surface area contributed by atoms with E-state index >= 15 is 0 Å². The summed E-state index contributed by atoms with van der Waals surface area (Å²) in [6.07, 6.45) is 3.97. The summed E-state index contributed by atoms with van der Waals surface area (Å²) in [6, 6.07) is 3.88. The van der Waals surface area contributed by atoms with Gasteiger partial charge in [0.05, 0.1) is 9.21 Å². The van der Waals surface area contributed by atoms with Crippen LogP contribution in [0.4, 0.5) is 4.79 Å². The molecule has 2 atom stereocenters. The number of imide groups is 1. The minimum Gasteiger partial charge on any atom is -0.323 e. The molecule has 3 fully saturated rings. The average molecular weight is 413 g/mol. The Kier molecular flexibility index (Phi) is 5.47. The van der Waals surface area contributed by atoms with Gasteiger partial charge in [-0.1, -0.05) is 31.4 Å². The standard InChI is InChI=1S/C19H27ClN4O2S/c1-14-4-2-3-7-19(14)17(25)24(18(26)21-19)13-23-10-8-22(9-11-23)12-15-5-6-16(20)27-15/h5-6,14H,2-4,7-13H2,1H3,(H,21,26)/p+2/t14-,19+/m0/s1. The summed E-state index contributed by atoms with van der Waals surface area (Å²) in [5, 5.41) is 3.06. The molecule has 1 aliphatic carbocycles. The number of rotatable bonds is 4. The lowest BCUT2D eigenvalue weighted by atomic mass is 9.73. The molecule has 0 aromatic carbocycles. The van der Waals surface area contributed by atoms with Crippen molar-refractivity contribution in [2.45, 2.75) is 44.7 Å². The smallest absolute Gasteiger partial charge is 0.323 e. The maximum atomic E-state index is 13.1. The number of carbonyl (C=O) groups is 2. The number of urea groups is 1. The van der Waals surface area contributed by atoms with Gasteiger partial charge in [0.15, 0.2) is 6.67 Å². The predicted octanol–water partition coefficient (Wildman–Crippen LogP) is 0.143. The molecule has 3 heterocycles. The highest BCUT2D eigenvalue weighted by atomic mass is 35.5. The number of hydrogen-bond acceptors (Lipinski definition) is 3. The third-order valence-electron chi connectivity index (χ3n) is 6.60. The number of nitrogens with zero attached hydrogens (tertiary/aromatic N) is 1. The first-order valence-electron chi connectivity index (χ1n) is 10.0. The normalized spacial score (nSPS) is 34.3. The molecule has 0 radical (unpaired) electrons. The zero-order valence-corrected chi connectivity index (χ0v) is 17.4. The van der Waals surface area contributed by atoms with Crippen LogP contribution in [0.2, 0.25) is 4.34 Å². The maximum Gasteiger partial charge on any atom is 0.329 e. The Balaban J connectivity index is 1.32. The Morgan fingerprint density at radius 2 is 1.96 bits per heavy atom. The average Bonchev–Trinajstić information content (AvgIpc) is 3.16. The van der Waals surface area contributed by atoms with Crippen molar-refractivity contribution in [3.05, 3.63) is 21.3 Å². The van der Waals surface area contributed by atoms with Crippen LogP contribution in [0.3, 0.4) is 0 Å². The molecule has 3 aliphatic rings. The van der Waals surface area contributed by atoms with Gasteiger partial charge < -0.3 is 15.1 Å². The van der Waals surface area contributed by atoms with E-state index in [2.05, 4.69) is 18.3 Å². The van der Waals surface area contributed by atoms with E-state index in [1.54, 1.807) is 16.2 Å². The van der Waals surface area contributed by atoms with Gasteiger partial charge in [-0.15, -0.1) is 11.3 Å². The summed E-state index contributed by atoms with van der Waals surface area (Å²) in [7, 11) is 0. The van der Waals surface area contributed by atoms with Gasteiger partial charge >= 0.3 is 6.03 Å². The highest BCUT2D eigenvalue weighted by Gasteiger charge is 2.55. The Morgan fingerprint density at radius 3 is 2.63 bits per heavy atom. The SMILES string of the molecule is C[C@H]1CCCC[C@@]12NC(=O)N(C[NH+]1CC[NH+](Cc3ccc(Cl)s3)CC1)C2=O. The molecule has 8 heteroatoms. The van der Waals surface area contributed by atoms with Gasteiger partial charge in [-0.2, -0.15) is 0 Å². The molecular weight excluding hydrogens is 384 g/mol. The molecule has 0 unspecified atom stereocenters. The van der Waals surface area contributed by atoms with Crippen molar-refractivity contribution >= 4 is 34.9 Å². The number of piperazine rings is 1. The fourth-order valence-electron chi connectivity index (χ4n) is 4.85. The van der Waals surface area contributed by atoms with Crippen molar-refractivity contribution in [2.24, 2.45) is 5.92 Å². The Bertz CT molecular complexity index is 718. The number of hydrogen-bond donors (Lipinski definition) is 3. The lowest BCUT2D eigenvalue weighted by Crippen LogP contribution is -3.28. The van der Waals surface area contributed by atoms with Crippen LogP contribution < -0.4 is 15.1 Å². The van der Waals surface area contributed by atoms with Crippen molar-refractivity contribution in [3.63, 3.8) is 0 Å². The zero-order valence-electron chi connectivity index (χ0n) is 15.9. The quantitative estimate of drug-likeness (QED) is 0.616. The lowest BCUT2D eigenvalue weighted by Gasteiger charge is -2.37. The van der Waals surface area contributed by atoms with Gasteiger partial charge in [0, 0.05) is 0 Å². The van der Waals surface area contributed by atoms with Gasteiger partial charge in [-0.25, -0.2) is 9.69 Å². The fourth-order valence-corrected chi connectivity index (χ4v) is 6.01. The molecule has 4 rings (SSSR count). The molecule has 3 N–H and O–H groups in total. The number of amides is 3. The van der Waals surface area contributed by atoms with Crippen molar-refractivity contribution in [2.75, 3.05) is 32.8 Å². The maximum absolute atomic E-state index is 13.1. The molecule has 6 nitrogen and oxygen atoms in total. The third kappa shape index (κ3) is 3.75. The summed E-state index contributed by atoms with van der Waals surface area (Å²) < 4.78 is 0.845.